The molecule has 9 heavy (non-hydrogen) atoms. The average molecular weight is 140 g/mol. The summed E-state index contributed by atoms with van der Waals surface area (Å²) < 4.78 is 12.6. The summed E-state index contributed by atoms with van der Waals surface area (Å²) in [5, 5.41) is 1.15. The highest BCUT2D eigenvalue weighted by Crippen LogP contribution is 1.99. The summed E-state index contributed by atoms with van der Waals surface area (Å²) >= 11 is 0. The molecular weight excluding hydrogens is 131 g/mol. The van der Waals surface area contributed by atoms with Gasteiger partial charge in [-0.15, -0.1) is 0 Å². The Morgan fingerprint density at radius 2 is 2.11 bits per heavy atom. The van der Waals surface area contributed by atoms with Crippen LogP contribution in [0.4, 0.5) is 4.39 Å². The molecule has 0 atom stereocenters. The molecule has 0 aliphatic rings. The molecule has 0 spiro atoms. The van der Waals surface area contributed by atoms with E-state index in [4.69, 9.17) is 0 Å². The summed E-state index contributed by atoms with van der Waals surface area (Å²) in [4.78, 5) is 0. The van der Waals surface area contributed by atoms with Crippen LogP contribution >= 0.6 is 0 Å². The van der Waals surface area contributed by atoms with Crippen LogP contribution < -0.4 is 5.19 Å². The second-order valence-electron chi connectivity index (χ2n) is 2.18. The van der Waals surface area contributed by atoms with Crippen LogP contribution in [0.15, 0.2) is 18.2 Å². The first-order valence-electron chi connectivity index (χ1n) is 2.93. The molecule has 0 aromatic heterocycles. The Morgan fingerprint density at radius 3 is 2.56 bits per heavy atom. The maximum atomic E-state index is 12.6. The Kier molecular flexibility index (Phi) is 1.67. The van der Waals surface area contributed by atoms with Gasteiger partial charge in [-0.25, -0.2) is 4.39 Å². The second kappa shape index (κ2) is 2.31. The lowest BCUT2D eigenvalue weighted by atomic mass is 10.2. The van der Waals surface area contributed by atoms with Crippen molar-refractivity contribution in [2.24, 2.45) is 0 Å². The van der Waals surface area contributed by atoms with E-state index >= 15 is 0 Å². The summed E-state index contributed by atoms with van der Waals surface area (Å²) in [6.07, 6.45) is 0. The van der Waals surface area contributed by atoms with Gasteiger partial charge < -0.3 is 0 Å². The molecule has 0 nitrogen and oxygen atoms in total. The van der Waals surface area contributed by atoms with Gasteiger partial charge in [0.15, 0.2) is 0 Å². The molecule has 0 saturated heterocycles. The fraction of sp³-hybridized carbons (Fsp3) is 0.143. The van der Waals surface area contributed by atoms with Crippen molar-refractivity contribution in [3.63, 3.8) is 0 Å². The fourth-order valence-corrected chi connectivity index (χ4v) is 1.15. The van der Waals surface area contributed by atoms with Crippen molar-refractivity contribution in [2.75, 3.05) is 0 Å². The highest BCUT2D eigenvalue weighted by Gasteiger charge is 1.95. The van der Waals surface area contributed by atoms with Gasteiger partial charge in [-0.2, -0.15) is 0 Å². The monoisotopic (exact) mass is 140 g/mol. The lowest BCUT2D eigenvalue weighted by molar-refractivity contribution is 0.620. The highest BCUT2D eigenvalue weighted by molar-refractivity contribution is 6.33. The minimum Gasteiger partial charge on any atom is -0.207 e. The first kappa shape index (κ1) is 6.49. The van der Waals surface area contributed by atoms with E-state index in [2.05, 4.69) is 0 Å². The van der Waals surface area contributed by atoms with Gasteiger partial charge in [0.1, 0.15) is 5.82 Å². The summed E-state index contributed by atoms with van der Waals surface area (Å²) in [6.45, 7) is 1.82. The quantitative estimate of drug-likeness (QED) is 0.449. The first-order valence-corrected chi connectivity index (χ1v) is 3.93. The summed E-state index contributed by atoms with van der Waals surface area (Å²) in [5.41, 5.74) is 0.809. The molecule has 0 aliphatic heterocycles. The van der Waals surface area contributed by atoms with Crippen LogP contribution in [0.1, 0.15) is 5.56 Å². The van der Waals surface area contributed by atoms with Crippen LogP contribution in [0.2, 0.25) is 0 Å². The van der Waals surface area contributed by atoms with Gasteiger partial charge in [-0.05, 0) is 18.6 Å². The van der Waals surface area contributed by atoms with Gasteiger partial charge in [-0.1, -0.05) is 17.3 Å². The van der Waals surface area contributed by atoms with Crippen molar-refractivity contribution in [1.82, 2.24) is 0 Å². The van der Waals surface area contributed by atoms with Gasteiger partial charge in [0.25, 0.3) is 0 Å². The standard InChI is InChI=1S/C7H9FSi/c1-5-6(8)3-2-4-7(5)9/h2-4H,1,9H3. The van der Waals surface area contributed by atoms with Gasteiger partial charge >= 0.3 is 0 Å². The second-order valence-corrected chi connectivity index (χ2v) is 3.26. The molecule has 0 saturated carbocycles. The van der Waals surface area contributed by atoms with Gasteiger partial charge in [0, 0.05) is 10.2 Å². The predicted molar refractivity (Wildman–Crippen MR) is 40.7 cm³/mol. The normalized spacial score (nSPS) is 10.0. The zero-order valence-corrected chi connectivity index (χ0v) is 7.61. The summed E-state index contributed by atoms with van der Waals surface area (Å²) in [5.74, 6) is -0.0810. The van der Waals surface area contributed by atoms with Crippen molar-refractivity contribution in [2.45, 2.75) is 6.92 Å². The topological polar surface area (TPSA) is 0 Å². The number of hydrogen-bond donors (Lipinski definition) is 0. The third-order valence-electron chi connectivity index (χ3n) is 1.54. The van der Waals surface area contributed by atoms with Crippen molar-refractivity contribution in [3.8, 4) is 0 Å². The smallest absolute Gasteiger partial charge is 0.125 e. The maximum absolute atomic E-state index is 12.6. The highest BCUT2D eigenvalue weighted by atomic mass is 28.1. The molecule has 1 aromatic carbocycles. The Morgan fingerprint density at radius 1 is 1.44 bits per heavy atom. The lowest BCUT2D eigenvalue weighted by Crippen LogP contribution is -2.07. The molecule has 0 bridgehead atoms. The molecule has 1 rings (SSSR count). The zero-order valence-electron chi connectivity index (χ0n) is 5.61. The van der Waals surface area contributed by atoms with Crippen LogP contribution in [-0.4, -0.2) is 10.2 Å². The molecule has 0 heterocycles. The largest absolute Gasteiger partial charge is 0.207 e. The van der Waals surface area contributed by atoms with Crippen molar-refractivity contribution >= 4 is 15.4 Å². The van der Waals surface area contributed by atoms with Crippen LogP contribution in [0, 0.1) is 12.7 Å². The Balaban J connectivity index is 3.25. The number of rotatable bonds is 0. The zero-order chi connectivity index (χ0) is 6.85. The number of halogens is 1. The maximum Gasteiger partial charge on any atom is 0.125 e. The first-order chi connectivity index (χ1) is 4.22. The van der Waals surface area contributed by atoms with Crippen LogP contribution in [0.3, 0.4) is 0 Å². The van der Waals surface area contributed by atoms with Gasteiger partial charge in [0.2, 0.25) is 0 Å². The summed E-state index contributed by atoms with van der Waals surface area (Å²) in [6, 6.07) is 5.21. The van der Waals surface area contributed by atoms with E-state index in [-0.39, 0.29) is 5.82 Å². The van der Waals surface area contributed by atoms with Crippen LogP contribution in [-0.2, 0) is 0 Å². The van der Waals surface area contributed by atoms with Crippen molar-refractivity contribution in [3.05, 3.63) is 29.6 Å². The molecule has 0 fully saturated rings. The minimum atomic E-state index is -0.0810. The average Bonchev–Trinajstić information content (AvgIpc) is 1.83. The van der Waals surface area contributed by atoms with Crippen molar-refractivity contribution < 1.29 is 4.39 Å². The summed E-state index contributed by atoms with van der Waals surface area (Å²) in [7, 11) is 0.935. The third kappa shape index (κ3) is 1.19. The fourth-order valence-electron chi connectivity index (χ4n) is 0.715. The Labute approximate surface area is 57.1 Å². The van der Waals surface area contributed by atoms with E-state index < -0.39 is 0 Å². The molecular formula is C7H9FSi. The Hall–Kier alpha value is -0.633. The van der Waals surface area contributed by atoms with E-state index in [1.54, 1.807) is 6.07 Å². The van der Waals surface area contributed by atoms with E-state index in [9.17, 15) is 4.39 Å². The molecule has 1 aromatic rings. The van der Waals surface area contributed by atoms with E-state index in [0.29, 0.717) is 0 Å². The lowest BCUT2D eigenvalue weighted by Gasteiger charge is -1.97. The van der Waals surface area contributed by atoms with Crippen molar-refractivity contribution in [1.29, 1.82) is 0 Å². The number of benzene rings is 1. The van der Waals surface area contributed by atoms with Gasteiger partial charge in [-0.3, -0.25) is 0 Å². The molecule has 0 N–H and O–H groups in total. The van der Waals surface area contributed by atoms with E-state index in [1.165, 1.54) is 6.07 Å². The molecule has 2 heteroatoms. The minimum absolute atomic E-state index is 0.0810. The van der Waals surface area contributed by atoms with Crippen LogP contribution in [0.25, 0.3) is 0 Å². The molecule has 48 valence electrons. The van der Waals surface area contributed by atoms with E-state index in [1.807, 2.05) is 13.0 Å². The molecule has 0 amide bonds. The SMILES string of the molecule is Cc1c(F)cccc1[SiH3]. The van der Waals surface area contributed by atoms with E-state index in [0.717, 1.165) is 21.0 Å². The molecule has 0 radical (unpaired) electrons. The molecule has 0 unspecified atom stereocenters. The Bertz CT molecular complexity index is 200. The van der Waals surface area contributed by atoms with Gasteiger partial charge in [0.05, 0.1) is 0 Å². The molecule has 0 aliphatic carbocycles. The number of hydrogen-bond acceptors (Lipinski definition) is 0. The predicted octanol–water partition coefficient (Wildman–Crippen LogP) is 0.125. The van der Waals surface area contributed by atoms with Crippen LogP contribution in [0.5, 0.6) is 0 Å². The third-order valence-corrected chi connectivity index (χ3v) is 2.62.